The first-order valence-electron chi connectivity index (χ1n) is 7.27. The van der Waals surface area contributed by atoms with Crippen LogP contribution < -0.4 is 11.2 Å². The number of ketones is 1. The average Bonchev–Trinajstić information content (AvgIpc) is 2.52. The molecule has 0 spiro atoms. The Bertz CT molecular complexity index is 760. The van der Waals surface area contributed by atoms with Crippen molar-refractivity contribution in [1.29, 1.82) is 0 Å². The minimum absolute atomic E-state index is 0.0576. The summed E-state index contributed by atoms with van der Waals surface area (Å²) in [4.78, 5) is 58.8. The van der Waals surface area contributed by atoms with Crippen LogP contribution in [-0.2, 0) is 38.0 Å². The Morgan fingerprint density at radius 2 is 1.79 bits per heavy atom. The summed E-state index contributed by atoms with van der Waals surface area (Å²) in [6.45, 7) is 2.48. The number of aromatic nitrogens is 2. The monoisotopic (exact) mass is 340 g/mol. The van der Waals surface area contributed by atoms with E-state index in [1.165, 1.54) is 27.2 Å². The molecule has 0 N–H and O–H groups in total. The quantitative estimate of drug-likeness (QED) is 0.600. The Morgan fingerprint density at radius 3 is 2.33 bits per heavy atom. The van der Waals surface area contributed by atoms with Crippen LogP contribution in [0.15, 0.2) is 15.8 Å². The Morgan fingerprint density at radius 1 is 1.17 bits per heavy atom. The van der Waals surface area contributed by atoms with Gasteiger partial charge in [-0.25, -0.2) is 4.79 Å². The van der Waals surface area contributed by atoms with Gasteiger partial charge in [0.25, 0.3) is 5.56 Å². The van der Waals surface area contributed by atoms with E-state index in [-0.39, 0.29) is 18.0 Å². The molecule has 0 aromatic carbocycles. The van der Waals surface area contributed by atoms with E-state index in [9.17, 15) is 24.0 Å². The van der Waals surface area contributed by atoms with Gasteiger partial charge in [0.15, 0.2) is 5.78 Å². The molecule has 0 bridgehead atoms. The normalized spacial score (nSPS) is 11.7. The second kappa shape index (κ2) is 8.23. The van der Waals surface area contributed by atoms with Gasteiger partial charge >= 0.3 is 17.6 Å². The van der Waals surface area contributed by atoms with E-state index in [1.807, 2.05) is 0 Å². The second-order valence-corrected chi connectivity index (χ2v) is 5.21. The van der Waals surface area contributed by atoms with Crippen LogP contribution in [0.2, 0.25) is 0 Å². The van der Waals surface area contributed by atoms with Gasteiger partial charge in [0.05, 0.1) is 18.9 Å². The Hall–Kier alpha value is -2.71. The van der Waals surface area contributed by atoms with Crippen LogP contribution in [0.5, 0.6) is 0 Å². The number of carbonyl (C=O) groups is 3. The second-order valence-electron chi connectivity index (χ2n) is 5.21. The highest BCUT2D eigenvalue weighted by Gasteiger charge is 2.29. The third-order valence-electron chi connectivity index (χ3n) is 3.23. The number of rotatable bonds is 7. The minimum Gasteiger partial charge on any atom is -0.466 e. The molecule has 1 heterocycles. The number of aryl methyl sites for hydroxylation is 1. The molecule has 1 aromatic heterocycles. The van der Waals surface area contributed by atoms with Crippen molar-refractivity contribution in [2.24, 2.45) is 14.1 Å². The van der Waals surface area contributed by atoms with E-state index < -0.39 is 42.1 Å². The first-order chi connectivity index (χ1) is 11.2. The van der Waals surface area contributed by atoms with Crippen molar-refractivity contribution in [3.8, 4) is 0 Å². The smallest absolute Gasteiger partial charge is 0.330 e. The van der Waals surface area contributed by atoms with Crippen molar-refractivity contribution in [2.45, 2.75) is 26.2 Å². The Kier molecular flexibility index (Phi) is 6.63. The Balaban J connectivity index is 3.23. The zero-order valence-corrected chi connectivity index (χ0v) is 14.0. The van der Waals surface area contributed by atoms with Crippen LogP contribution in [0.1, 0.15) is 31.7 Å². The number of nitrogens with zero attached hydrogens (tertiary/aromatic N) is 2. The van der Waals surface area contributed by atoms with Crippen molar-refractivity contribution in [3.05, 3.63) is 32.6 Å². The van der Waals surface area contributed by atoms with E-state index >= 15 is 0 Å². The zero-order valence-electron chi connectivity index (χ0n) is 14.0. The van der Waals surface area contributed by atoms with Gasteiger partial charge in [-0.2, -0.15) is 0 Å². The molecule has 0 radical (unpaired) electrons. The minimum atomic E-state index is -1.23. The van der Waals surface area contributed by atoms with Crippen LogP contribution in [-0.4, -0.2) is 40.1 Å². The summed E-state index contributed by atoms with van der Waals surface area (Å²) >= 11 is 0. The fourth-order valence-electron chi connectivity index (χ4n) is 2.05. The maximum atomic E-state index is 12.3. The summed E-state index contributed by atoms with van der Waals surface area (Å²) in [5.74, 6) is -3.18. The fourth-order valence-corrected chi connectivity index (χ4v) is 2.05. The molecule has 0 aliphatic rings. The molecule has 0 saturated carbocycles. The average molecular weight is 340 g/mol. The van der Waals surface area contributed by atoms with Crippen LogP contribution in [0.4, 0.5) is 0 Å². The van der Waals surface area contributed by atoms with Gasteiger partial charge < -0.3 is 14.0 Å². The molecule has 0 fully saturated rings. The highest BCUT2D eigenvalue weighted by atomic mass is 16.5. The van der Waals surface area contributed by atoms with Crippen molar-refractivity contribution >= 4 is 17.7 Å². The molecular formula is C15H20N2O7. The summed E-state index contributed by atoms with van der Waals surface area (Å²) < 4.78 is 11.6. The van der Waals surface area contributed by atoms with Crippen LogP contribution in [0.3, 0.4) is 0 Å². The Labute approximate surface area is 137 Å². The largest absolute Gasteiger partial charge is 0.466 e. The lowest BCUT2D eigenvalue weighted by Crippen LogP contribution is -2.40. The van der Waals surface area contributed by atoms with Crippen LogP contribution >= 0.6 is 0 Å². The van der Waals surface area contributed by atoms with Crippen molar-refractivity contribution in [1.82, 2.24) is 9.13 Å². The molecule has 9 heteroatoms. The van der Waals surface area contributed by atoms with Crippen molar-refractivity contribution in [2.75, 3.05) is 13.2 Å². The molecule has 0 aliphatic heterocycles. The zero-order chi connectivity index (χ0) is 18.4. The highest BCUT2D eigenvalue weighted by Crippen LogP contribution is 2.18. The fraction of sp³-hybridized carbons (Fsp3) is 0.533. The van der Waals surface area contributed by atoms with Gasteiger partial charge in [-0.3, -0.25) is 23.7 Å². The number of carbonyl (C=O) groups excluding carboxylic acids is 3. The molecule has 0 aliphatic carbocycles. The summed E-state index contributed by atoms with van der Waals surface area (Å²) in [5, 5.41) is 0. The third kappa shape index (κ3) is 4.64. The summed E-state index contributed by atoms with van der Waals surface area (Å²) in [5.41, 5.74) is -1.32. The molecule has 1 aromatic rings. The van der Waals surface area contributed by atoms with Gasteiger partial charge in [0.1, 0.15) is 6.61 Å². The summed E-state index contributed by atoms with van der Waals surface area (Å²) in [6, 6.07) is 0. The number of esters is 2. The lowest BCUT2D eigenvalue weighted by molar-refractivity contribution is -0.153. The molecule has 0 saturated heterocycles. The van der Waals surface area contributed by atoms with E-state index in [4.69, 9.17) is 9.47 Å². The van der Waals surface area contributed by atoms with Gasteiger partial charge in [-0.1, -0.05) is 0 Å². The number of hydrogen-bond acceptors (Lipinski definition) is 7. The first-order valence-corrected chi connectivity index (χ1v) is 7.27. The topological polar surface area (TPSA) is 114 Å². The van der Waals surface area contributed by atoms with Gasteiger partial charge in [0, 0.05) is 25.9 Å². The van der Waals surface area contributed by atoms with Gasteiger partial charge in [0.2, 0.25) is 0 Å². The number of Topliss-reactive ketones (excluding diaryl/α,β-unsaturated/α-hetero) is 1. The number of hydrogen-bond donors (Lipinski definition) is 0. The molecule has 9 nitrogen and oxygen atoms in total. The standard InChI is InChI=1S/C15H20N2O7/c1-5-23-14(21)10(6-12(19)24-8-9(2)18)11-7-16(3)15(22)17(4)13(11)20/h7,10H,5-6,8H2,1-4H3/t10-/m1/s1. The molecule has 24 heavy (non-hydrogen) atoms. The SMILES string of the molecule is CCOC(=O)[C@H](CC(=O)OCC(C)=O)c1cn(C)c(=O)n(C)c1=O. The van der Waals surface area contributed by atoms with Crippen molar-refractivity contribution < 1.29 is 23.9 Å². The van der Waals surface area contributed by atoms with Crippen molar-refractivity contribution in [3.63, 3.8) is 0 Å². The molecular weight excluding hydrogens is 320 g/mol. The van der Waals surface area contributed by atoms with Gasteiger partial charge in [-0.15, -0.1) is 0 Å². The van der Waals surface area contributed by atoms with Crippen LogP contribution in [0.25, 0.3) is 0 Å². The molecule has 132 valence electrons. The highest BCUT2D eigenvalue weighted by molar-refractivity contribution is 5.85. The lowest BCUT2D eigenvalue weighted by Gasteiger charge is -2.16. The van der Waals surface area contributed by atoms with Gasteiger partial charge in [-0.05, 0) is 13.8 Å². The maximum absolute atomic E-state index is 12.3. The third-order valence-corrected chi connectivity index (χ3v) is 3.23. The predicted molar refractivity (Wildman–Crippen MR) is 82.6 cm³/mol. The predicted octanol–water partition coefficient (Wildman–Crippen LogP) is -0.747. The molecule has 0 amide bonds. The van der Waals surface area contributed by atoms with E-state index in [0.29, 0.717) is 0 Å². The number of ether oxygens (including phenoxy) is 2. The first kappa shape index (κ1) is 19.3. The summed E-state index contributed by atoms with van der Waals surface area (Å²) in [6.07, 6.45) is 0.726. The lowest BCUT2D eigenvalue weighted by atomic mass is 9.98. The maximum Gasteiger partial charge on any atom is 0.330 e. The molecule has 0 unspecified atom stereocenters. The molecule has 1 atom stereocenters. The van der Waals surface area contributed by atoms with E-state index in [0.717, 1.165) is 9.13 Å². The summed E-state index contributed by atoms with van der Waals surface area (Å²) in [7, 11) is 2.69. The van der Waals surface area contributed by atoms with E-state index in [2.05, 4.69) is 0 Å². The van der Waals surface area contributed by atoms with Crippen LogP contribution in [0, 0.1) is 0 Å². The molecule has 1 rings (SSSR count). The van der Waals surface area contributed by atoms with E-state index in [1.54, 1.807) is 6.92 Å².